The largest absolute Gasteiger partial charge is 0.217 e. The van der Waals surface area contributed by atoms with Crippen LogP contribution in [0.5, 0.6) is 0 Å². The van der Waals surface area contributed by atoms with Crippen LogP contribution in [0.4, 0.5) is 0 Å². The van der Waals surface area contributed by atoms with Gasteiger partial charge in [0.2, 0.25) is 10.0 Å². The summed E-state index contributed by atoms with van der Waals surface area (Å²) < 4.78 is 26.9. The van der Waals surface area contributed by atoms with Crippen molar-refractivity contribution in [3.8, 4) is 0 Å². The monoisotopic (exact) mass is 257 g/mol. The molecule has 0 radical (unpaired) electrons. The van der Waals surface area contributed by atoms with E-state index in [2.05, 4.69) is 0 Å². The Hall–Kier alpha value is -0.350. The summed E-state index contributed by atoms with van der Waals surface area (Å²) in [5.74, 6) is 0. The molecular weight excluding hydrogens is 234 g/mol. The zero-order valence-corrected chi connectivity index (χ0v) is 11.5. The van der Waals surface area contributed by atoms with Crippen LogP contribution in [0.25, 0.3) is 0 Å². The second-order valence-electron chi connectivity index (χ2n) is 5.15. The Balaban J connectivity index is 2.13. The SMILES string of the molecule is C/C=C/C1CCCN1S(=O)(=O)C1CCCCC1. The lowest BCUT2D eigenvalue weighted by molar-refractivity contribution is 0.401. The Morgan fingerprint density at radius 3 is 2.41 bits per heavy atom. The minimum Gasteiger partial charge on any atom is -0.212 e. The van der Waals surface area contributed by atoms with Gasteiger partial charge in [-0.2, -0.15) is 4.31 Å². The highest BCUT2D eigenvalue weighted by atomic mass is 32.2. The van der Waals surface area contributed by atoms with Gasteiger partial charge in [-0.1, -0.05) is 31.4 Å². The first kappa shape index (κ1) is 13.1. The number of hydrogen-bond acceptors (Lipinski definition) is 2. The fraction of sp³-hybridized carbons (Fsp3) is 0.846. The van der Waals surface area contributed by atoms with Gasteiger partial charge in [-0.15, -0.1) is 0 Å². The van der Waals surface area contributed by atoms with Gasteiger partial charge in [-0.25, -0.2) is 8.42 Å². The maximum absolute atomic E-state index is 12.6. The molecule has 98 valence electrons. The highest BCUT2D eigenvalue weighted by Gasteiger charge is 2.38. The molecule has 1 saturated heterocycles. The van der Waals surface area contributed by atoms with Gasteiger partial charge in [0.25, 0.3) is 0 Å². The van der Waals surface area contributed by atoms with E-state index in [9.17, 15) is 8.42 Å². The van der Waals surface area contributed by atoms with E-state index in [-0.39, 0.29) is 11.3 Å². The normalized spacial score (nSPS) is 29.1. The lowest BCUT2D eigenvalue weighted by Gasteiger charge is -2.29. The average Bonchev–Trinajstić information content (AvgIpc) is 2.80. The lowest BCUT2D eigenvalue weighted by atomic mass is 10.0. The zero-order chi connectivity index (χ0) is 12.3. The van der Waals surface area contributed by atoms with Crippen LogP contribution in [-0.4, -0.2) is 30.6 Å². The molecular formula is C13H23NO2S. The fourth-order valence-corrected chi connectivity index (χ4v) is 5.30. The van der Waals surface area contributed by atoms with Gasteiger partial charge in [0, 0.05) is 12.6 Å². The molecule has 1 heterocycles. The van der Waals surface area contributed by atoms with Crippen LogP contribution in [0, 0.1) is 0 Å². The van der Waals surface area contributed by atoms with Crippen LogP contribution < -0.4 is 0 Å². The third-order valence-corrected chi connectivity index (χ3v) is 6.38. The lowest BCUT2D eigenvalue weighted by Crippen LogP contribution is -2.41. The van der Waals surface area contributed by atoms with Gasteiger partial charge in [0.1, 0.15) is 0 Å². The topological polar surface area (TPSA) is 37.4 Å². The Bertz CT molecular complexity index is 369. The second kappa shape index (κ2) is 5.53. The van der Waals surface area contributed by atoms with Crippen molar-refractivity contribution in [1.82, 2.24) is 4.31 Å². The first-order valence-corrected chi connectivity index (χ1v) is 8.30. The van der Waals surface area contributed by atoms with Crippen molar-refractivity contribution >= 4 is 10.0 Å². The van der Waals surface area contributed by atoms with E-state index < -0.39 is 10.0 Å². The predicted octanol–water partition coefficient (Wildman–Crippen LogP) is 2.69. The molecule has 2 fully saturated rings. The summed E-state index contributed by atoms with van der Waals surface area (Å²) in [7, 11) is -3.05. The van der Waals surface area contributed by atoms with E-state index in [1.807, 2.05) is 19.1 Å². The molecule has 17 heavy (non-hydrogen) atoms. The Labute approximate surface area is 105 Å². The molecule has 1 aliphatic heterocycles. The van der Waals surface area contributed by atoms with Crippen LogP contribution in [0.15, 0.2) is 12.2 Å². The Morgan fingerprint density at radius 2 is 1.76 bits per heavy atom. The molecule has 0 aromatic carbocycles. The smallest absolute Gasteiger partial charge is 0.212 e. The van der Waals surface area contributed by atoms with E-state index in [0.29, 0.717) is 6.54 Å². The molecule has 2 rings (SSSR count). The van der Waals surface area contributed by atoms with Gasteiger partial charge < -0.3 is 0 Å². The zero-order valence-electron chi connectivity index (χ0n) is 10.6. The molecule has 0 spiro atoms. The first-order chi connectivity index (χ1) is 8.16. The Kier molecular flexibility index (Phi) is 4.26. The Morgan fingerprint density at radius 1 is 1.06 bits per heavy atom. The number of sulfonamides is 1. The molecule has 1 saturated carbocycles. The van der Waals surface area contributed by atoms with Gasteiger partial charge in [-0.3, -0.25) is 0 Å². The fourth-order valence-electron chi connectivity index (χ4n) is 3.05. The summed E-state index contributed by atoms with van der Waals surface area (Å²) in [5, 5.41) is -0.109. The van der Waals surface area contributed by atoms with Gasteiger partial charge >= 0.3 is 0 Å². The second-order valence-corrected chi connectivity index (χ2v) is 7.32. The maximum Gasteiger partial charge on any atom is 0.217 e. The van der Waals surface area contributed by atoms with Crippen molar-refractivity contribution in [2.75, 3.05) is 6.54 Å². The standard InChI is InChI=1S/C13H23NO2S/c1-2-7-12-8-6-11-14(12)17(15,16)13-9-4-3-5-10-13/h2,7,12-13H,3-6,8-11H2,1H3/b7-2+. The summed E-state index contributed by atoms with van der Waals surface area (Å²) >= 11 is 0. The van der Waals surface area contributed by atoms with E-state index in [1.54, 1.807) is 4.31 Å². The van der Waals surface area contributed by atoms with Gasteiger partial charge in [0.15, 0.2) is 0 Å². The minimum atomic E-state index is -3.05. The highest BCUT2D eigenvalue weighted by Crippen LogP contribution is 2.31. The number of rotatable bonds is 3. The molecule has 0 N–H and O–H groups in total. The van der Waals surface area contributed by atoms with Gasteiger partial charge in [-0.05, 0) is 32.6 Å². The van der Waals surface area contributed by atoms with Gasteiger partial charge in [0.05, 0.1) is 5.25 Å². The van der Waals surface area contributed by atoms with E-state index in [0.717, 1.165) is 38.5 Å². The summed E-state index contributed by atoms with van der Waals surface area (Å²) in [4.78, 5) is 0. The van der Waals surface area contributed by atoms with Crippen molar-refractivity contribution < 1.29 is 8.42 Å². The number of hydrogen-bond donors (Lipinski definition) is 0. The van der Waals surface area contributed by atoms with Crippen molar-refractivity contribution in [3.63, 3.8) is 0 Å². The summed E-state index contributed by atoms with van der Waals surface area (Å²) in [6, 6.07) is 0.118. The predicted molar refractivity (Wildman–Crippen MR) is 70.3 cm³/mol. The highest BCUT2D eigenvalue weighted by molar-refractivity contribution is 7.89. The molecule has 4 heteroatoms. The van der Waals surface area contributed by atoms with Crippen LogP contribution >= 0.6 is 0 Å². The summed E-state index contributed by atoms with van der Waals surface area (Å²) in [5.41, 5.74) is 0. The molecule has 1 aliphatic carbocycles. The third-order valence-electron chi connectivity index (χ3n) is 3.96. The van der Waals surface area contributed by atoms with E-state index in [4.69, 9.17) is 0 Å². The quantitative estimate of drug-likeness (QED) is 0.729. The maximum atomic E-state index is 12.6. The first-order valence-electron chi connectivity index (χ1n) is 6.79. The van der Waals surface area contributed by atoms with Crippen molar-refractivity contribution in [1.29, 1.82) is 0 Å². The molecule has 0 aromatic heterocycles. The van der Waals surface area contributed by atoms with Crippen LogP contribution in [0.2, 0.25) is 0 Å². The summed E-state index contributed by atoms with van der Waals surface area (Å²) in [6.45, 7) is 2.68. The van der Waals surface area contributed by atoms with Crippen molar-refractivity contribution in [2.45, 2.75) is 63.2 Å². The summed E-state index contributed by atoms with van der Waals surface area (Å²) in [6.07, 6.45) is 11.1. The molecule has 0 amide bonds. The van der Waals surface area contributed by atoms with Crippen LogP contribution in [0.1, 0.15) is 51.9 Å². The average molecular weight is 257 g/mol. The number of allylic oxidation sites excluding steroid dienone is 1. The van der Waals surface area contributed by atoms with Crippen molar-refractivity contribution in [3.05, 3.63) is 12.2 Å². The number of nitrogens with zero attached hydrogens (tertiary/aromatic N) is 1. The minimum absolute atomic E-state index is 0.109. The van der Waals surface area contributed by atoms with E-state index in [1.165, 1.54) is 6.42 Å². The molecule has 0 bridgehead atoms. The van der Waals surface area contributed by atoms with Crippen LogP contribution in [-0.2, 0) is 10.0 Å². The molecule has 1 atom stereocenters. The van der Waals surface area contributed by atoms with E-state index >= 15 is 0 Å². The van der Waals surface area contributed by atoms with Crippen molar-refractivity contribution in [2.24, 2.45) is 0 Å². The molecule has 1 unspecified atom stereocenters. The molecule has 0 aromatic rings. The molecule has 3 nitrogen and oxygen atoms in total. The van der Waals surface area contributed by atoms with Crippen LogP contribution in [0.3, 0.4) is 0 Å². The third kappa shape index (κ3) is 2.74. The molecule has 2 aliphatic rings.